The molecule has 3 heteroatoms. The van der Waals surface area contributed by atoms with Gasteiger partial charge in [0.05, 0.1) is 12.7 Å². The highest BCUT2D eigenvalue weighted by atomic mass is 16.3. The van der Waals surface area contributed by atoms with Crippen LogP contribution in [-0.4, -0.2) is 29.2 Å². The average Bonchev–Trinajstić information content (AvgIpc) is 1.89. The zero-order chi connectivity index (χ0) is 7.11. The molecule has 0 aliphatic rings. The van der Waals surface area contributed by atoms with Gasteiger partial charge in [-0.15, -0.1) is 0 Å². The summed E-state index contributed by atoms with van der Waals surface area (Å²) >= 11 is 0. The molecule has 0 fully saturated rings. The van der Waals surface area contributed by atoms with Crippen LogP contribution in [0.5, 0.6) is 0 Å². The summed E-state index contributed by atoms with van der Waals surface area (Å²) in [7, 11) is 0. The summed E-state index contributed by atoms with van der Waals surface area (Å²) in [6.07, 6.45) is 1.80. The van der Waals surface area contributed by atoms with Gasteiger partial charge in [0, 0.05) is 6.42 Å². The smallest absolute Gasteiger partial charge is 0.119 e. The fraction of sp³-hybridized carbons (Fsp3) is 0.833. The summed E-state index contributed by atoms with van der Waals surface area (Å²) in [5.74, 6) is 0. The van der Waals surface area contributed by atoms with Crippen LogP contribution < -0.4 is 0 Å². The van der Waals surface area contributed by atoms with Crippen LogP contribution in [0.1, 0.15) is 19.3 Å². The highest BCUT2D eigenvalue weighted by molar-refractivity contribution is 5.48. The molecule has 0 amide bonds. The van der Waals surface area contributed by atoms with Gasteiger partial charge in [-0.2, -0.15) is 0 Å². The summed E-state index contributed by atoms with van der Waals surface area (Å²) in [6, 6.07) is 0. The van der Waals surface area contributed by atoms with E-state index in [0.29, 0.717) is 19.3 Å². The lowest BCUT2D eigenvalue weighted by atomic mass is 10.2. The van der Waals surface area contributed by atoms with Crippen molar-refractivity contribution in [2.75, 3.05) is 6.61 Å². The Labute approximate surface area is 54.3 Å². The number of carbonyl (C=O) groups is 1. The molecule has 0 saturated carbocycles. The van der Waals surface area contributed by atoms with Gasteiger partial charge in [0.2, 0.25) is 0 Å². The molecule has 0 aromatic rings. The monoisotopic (exact) mass is 132 g/mol. The van der Waals surface area contributed by atoms with Gasteiger partial charge in [-0.3, -0.25) is 0 Å². The Morgan fingerprint density at radius 2 is 2.22 bits per heavy atom. The molecule has 0 bridgehead atoms. The van der Waals surface area contributed by atoms with E-state index in [1.165, 1.54) is 0 Å². The maximum Gasteiger partial charge on any atom is 0.119 e. The second-order valence-corrected chi connectivity index (χ2v) is 1.93. The minimum Gasteiger partial charge on any atom is -0.394 e. The normalized spacial score (nSPS) is 13.1. The predicted octanol–water partition coefficient (Wildman–Crippen LogP) is -0.291. The van der Waals surface area contributed by atoms with Crippen LogP contribution in [-0.2, 0) is 4.79 Å². The van der Waals surface area contributed by atoms with Crippen molar-refractivity contribution in [1.29, 1.82) is 0 Å². The minimum atomic E-state index is -0.648. The van der Waals surface area contributed by atoms with Crippen molar-refractivity contribution in [1.82, 2.24) is 0 Å². The lowest BCUT2D eigenvalue weighted by Gasteiger charge is -2.02. The maximum atomic E-state index is 9.73. The van der Waals surface area contributed by atoms with Crippen LogP contribution in [0, 0.1) is 0 Å². The lowest BCUT2D eigenvalue weighted by Crippen LogP contribution is -2.11. The first-order valence-electron chi connectivity index (χ1n) is 3.03. The van der Waals surface area contributed by atoms with Crippen molar-refractivity contribution < 1.29 is 15.0 Å². The molecule has 1 unspecified atom stereocenters. The Morgan fingerprint density at radius 1 is 1.56 bits per heavy atom. The Hall–Kier alpha value is -0.410. The molecule has 0 aliphatic heterocycles. The number of hydrogen-bond acceptors (Lipinski definition) is 3. The number of hydrogen-bond donors (Lipinski definition) is 2. The predicted molar refractivity (Wildman–Crippen MR) is 33.0 cm³/mol. The number of aliphatic hydroxyl groups excluding tert-OH is 2. The van der Waals surface area contributed by atoms with E-state index in [4.69, 9.17) is 10.2 Å². The van der Waals surface area contributed by atoms with Crippen LogP contribution in [0.4, 0.5) is 0 Å². The third kappa shape index (κ3) is 5.46. The van der Waals surface area contributed by atoms with Gasteiger partial charge in [0.25, 0.3) is 0 Å². The van der Waals surface area contributed by atoms with Crippen molar-refractivity contribution in [3.05, 3.63) is 0 Å². The van der Waals surface area contributed by atoms with Gasteiger partial charge in [-0.1, -0.05) is 0 Å². The first-order chi connectivity index (χ1) is 4.31. The van der Waals surface area contributed by atoms with E-state index in [-0.39, 0.29) is 6.61 Å². The molecule has 0 heterocycles. The molecular weight excluding hydrogens is 120 g/mol. The Morgan fingerprint density at radius 3 is 2.67 bits per heavy atom. The van der Waals surface area contributed by atoms with Crippen molar-refractivity contribution in [3.63, 3.8) is 0 Å². The second kappa shape index (κ2) is 5.72. The summed E-state index contributed by atoms with van der Waals surface area (Å²) in [5.41, 5.74) is 0. The van der Waals surface area contributed by atoms with Crippen molar-refractivity contribution in [2.45, 2.75) is 25.4 Å². The van der Waals surface area contributed by atoms with Crippen LogP contribution in [0.15, 0.2) is 0 Å². The van der Waals surface area contributed by atoms with E-state index in [1.807, 2.05) is 0 Å². The van der Waals surface area contributed by atoms with Gasteiger partial charge >= 0.3 is 0 Å². The fourth-order valence-corrected chi connectivity index (χ4v) is 0.528. The molecule has 0 spiro atoms. The SMILES string of the molecule is O=CCCCC(O)CO. The fourth-order valence-electron chi connectivity index (χ4n) is 0.528. The van der Waals surface area contributed by atoms with Crippen LogP contribution in [0.3, 0.4) is 0 Å². The minimum absolute atomic E-state index is 0.209. The quantitative estimate of drug-likeness (QED) is 0.399. The topological polar surface area (TPSA) is 57.5 Å². The molecular formula is C6H12O3. The zero-order valence-electron chi connectivity index (χ0n) is 5.29. The van der Waals surface area contributed by atoms with Crippen molar-refractivity contribution >= 4 is 6.29 Å². The zero-order valence-corrected chi connectivity index (χ0v) is 5.29. The molecule has 9 heavy (non-hydrogen) atoms. The van der Waals surface area contributed by atoms with Gasteiger partial charge in [0.1, 0.15) is 6.29 Å². The summed E-state index contributed by atoms with van der Waals surface area (Å²) in [4.78, 5) is 9.73. The lowest BCUT2D eigenvalue weighted by molar-refractivity contribution is -0.108. The molecule has 0 radical (unpaired) electrons. The van der Waals surface area contributed by atoms with Gasteiger partial charge in [-0.05, 0) is 12.8 Å². The second-order valence-electron chi connectivity index (χ2n) is 1.93. The molecule has 0 saturated heterocycles. The Balaban J connectivity index is 2.96. The summed E-state index contributed by atoms with van der Waals surface area (Å²) in [6.45, 7) is -0.209. The first kappa shape index (κ1) is 8.59. The molecule has 1 atom stereocenters. The molecule has 0 aromatic heterocycles. The van der Waals surface area contributed by atoms with Gasteiger partial charge < -0.3 is 15.0 Å². The molecule has 0 aliphatic carbocycles. The van der Waals surface area contributed by atoms with Crippen LogP contribution >= 0.6 is 0 Å². The third-order valence-corrected chi connectivity index (χ3v) is 1.07. The highest BCUT2D eigenvalue weighted by Crippen LogP contribution is 1.97. The van der Waals surface area contributed by atoms with Crippen LogP contribution in [0.25, 0.3) is 0 Å². The summed E-state index contributed by atoms with van der Waals surface area (Å²) in [5, 5.41) is 17.0. The van der Waals surface area contributed by atoms with Crippen LogP contribution in [0.2, 0.25) is 0 Å². The largest absolute Gasteiger partial charge is 0.394 e. The van der Waals surface area contributed by atoms with E-state index in [9.17, 15) is 4.79 Å². The van der Waals surface area contributed by atoms with E-state index in [0.717, 1.165) is 6.29 Å². The van der Waals surface area contributed by atoms with Gasteiger partial charge in [0.15, 0.2) is 0 Å². The summed E-state index contributed by atoms with van der Waals surface area (Å²) < 4.78 is 0. The maximum absolute atomic E-state index is 9.73. The highest BCUT2D eigenvalue weighted by Gasteiger charge is 1.98. The molecule has 0 rings (SSSR count). The van der Waals surface area contributed by atoms with Crippen molar-refractivity contribution in [3.8, 4) is 0 Å². The number of carbonyl (C=O) groups excluding carboxylic acids is 1. The molecule has 3 nitrogen and oxygen atoms in total. The number of unbranched alkanes of at least 4 members (excludes halogenated alkanes) is 1. The van der Waals surface area contributed by atoms with E-state index < -0.39 is 6.10 Å². The Bertz CT molecular complexity index is 72.7. The standard InChI is InChI=1S/C6H12O3/c7-4-2-1-3-6(9)5-8/h4,6,8-9H,1-3,5H2. The molecule has 2 N–H and O–H groups in total. The number of rotatable bonds is 5. The van der Waals surface area contributed by atoms with E-state index >= 15 is 0 Å². The molecule has 54 valence electrons. The van der Waals surface area contributed by atoms with E-state index in [2.05, 4.69) is 0 Å². The number of aliphatic hydroxyl groups is 2. The van der Waals surface area contributed by atoms with E-state index in [1.54, 1.807) is 0 Å². The van der Waals surface area contributed by atoms with Crippen molar-refractivity contribution in [2.24, 2.45) is 0 Å². The molecule has 0 aromatic carbocycles. The number of aldehydes is 1. The average molecular weight is 132 g/mol. The Kier molecular flexibility index (Phi) is 5.46. The first-order valence-corrected chi connectivity index (χ1v) is 3.03. The van der Waals surface area contributed by atoms with Gasteiger partial charge in [-0.25, -0.2) is 0 Å². The third-order valence-electron chi connectivity index (χ3n) is 1.07.